The van der Waals surface area contributed by atoms with Crippen LogP contribution in [0.15, 0.2) is 18.2 Å². The lowest BCUT2D eigenvalue weighted by Crippen LogP contribution is -1.92. The molecule has 0 atom stereocenters. The molecule has 0 saturated heterocycles. The molecule has 0 aliphatic carbocycles. The zero-order valence-electron chi connectivity index (χ0n) is 10.3. The Bertz CT molecular complexity index is 702. The van der Waals surface area contributed by atoms with Gasteiger partial charge in [-0.3, -0.25) is 0 Å². The summed E-state index contributed by atoms with van der Waals surface area (Å²) >= 11 is 36.0. The fourth-order valence-corrected chi connectivity index (χ4v) is 2.70. The van der Waals surface area contributed by atoms with Crippen molar-refractivity contribution < 1.29 is 9.47 Å². The van der Waals surface area contributed by atoms with Crippen molar-refractivity contribution in [2.45, 2.75) is 0 Å². The second-order valence-electron chi connectivity index (χ2n) is 3.79. The van der Waals surface area contributed by atoms with Crippen molar-refractivity contribution in [2.75, 3.05) is 7.11 Å². The third-order valence-corrected chi connectivity index (χ3v) is 5.12. The van der Waals surface area contributed by atoms with E-state index in [1.807, 2.05) is 0 Å². The third-order valence-electron chi connectivity index (χ3n) is 2.52. The van der Waals surface area contributed by atoms with Gasteiger partial charge in [0, 0.05) is 6.07 Å². The van der Waals surface area contributed by atoms with Gasteiger partial charge in [0.2, 0.25) is 0 Å². The van der Waals surface area contributed by atoms with Gasteiger partial charge in [-0.05, 0) is 12.1 Å². The summed E-state index contributed by atoms with van der Waals surface area (Å²) in [6.07, 6.45) is 0. The zero-order valence-corrected chi connectivity index (χ0v) is 14.9. The Balaban J connectivity index is 2.50. The Morgan fingerprint density at radius 3 is 1.86 bits per heavy atom. The van der Waals surface area contributed by atoms with Crippen molar-refractivity contribution in [3.8, 4) is 17.2 Å². The molecule has 2 aromatic rings. The summed E-state index contributed by atoms with van der Waals surface area (Å²) in [7, 11) is 1.45. The predicted molar refractivity (Wildman–Crippen MR) is 89.6 cm³/mol. The maximum atomic E-state index is 6.10. The van der Waals surface area contributed by atoms with Crippen molar-refractivity contribution in [1.29, 1.82) is 0 Å². The van der Waals surface area contributed by atoms with Crippen molar-refractivity contribution in [3.63, 3.8) is 0 Å². The molecule has 0 bridgehead atoms. The molecule has 0 aliphatic rings. The van der Waals surface area contributed by atoms with Crippen molar-refractivity contribution in [3.05, 3.63) is 48.3 Å². The van der Waals surface area contributed by atoms with Gasteiger partial charge in [0.25, 0.3) is 0 Å². The lowest BCUT2D eigenvalue weighted by molar-refractivity contribution is 0.409. The first kappa shape index (κ1) is 17.1. The van der Waals surface area contributed by atoms with E-state index >= 15 is 0 Å². The molecular weight excluding hydrogens is 401 g/mol. The van der Waals surface area contributed by atoms with Gasteiger partial charge in [0.05, 0.1) is 22.2 Å². The van der Waals surface area contributed by atoms with Crippen LogP contribution in [0, 0.1) is 0 Å². The van der Waals surface area contributed by atoms with E-state index < -0.39 is 0 Å². The number of ether oxygens (including phenoxy) is 2. The maximum absolute atomic E-state index is 6.10. The first-order valence-corrected chi connectivity index (χ1v) is 7.66. The summed E-state index contributed by atoms with van der Waals surface area (Å²) in [5, 5.41) is 1.08. The fourth-order valence-electron chi connectivity index (χ4n) is 1.49. The van der Waals surface area contributed by atoms with E-state index in [0.29, 0.717) is 10.8 Å². The molecule has 21 heavy (non-hydrogen) atoms. The van der Waals surface area contributed by atoms with Crippen LogP contribution in [0.2, 0.25) is 30.1 Å². The van der Waals surface area contributed by atoms with E-state index in [4.69, 9.17) is 79.1 Å². The van der Waals surface area contributed by atoms with Gasteiger partial charge < -0.3 is 9.47 Å². The number of methoxy groups -OCH3 is 1. The molecule has 0 radical (unpaired) electrons. The molecule has 0 heterocycles. The second-order valence-corrected chi connectivity index (χ2v) is 6.09. The Kier molecular flexibility index (Phi) is 5.64. The summed E-state index contributed by atoms with van der Waals surface area (Å²) in [5.41, 5.74) is 0. The molecule has 8 heteroatoms. The minimum absolute atomic E-state index is 0.115. The topological polar surface area (TPSA) is 18.5 Å². The molecule has 2 nitrogen and oxygen atoms in total. The van der Waals surface area contributed by atoms with Crippen LogP contribution >= 0.6 is 69.6 Å². The lowest BCUT2D eigenvalue weighted by Gasteiger charge is -2.14. The molecule has 0 aliphatic heterocycles. The Labute approximate surface area is 151 Å². The van der Waals surface area contributed by atoms with Gasteiger partial charge in [-0.2, -0.15) is 0 Å². The molecule has 2 aromatic carbocycles. The molecule has 112 valence electrons. The predicted octanol–water partition coefficient (Wildman–Crippen LogP) is 7.41. The van der Waals surface area contributed by atoms with Gasteiger partial charge in [0.1, 0.15) is 26.6 Å². The third kappa shape index (κ3) is 3.42. The highest BCUT2D eigenvalue weighted by molar-refractivity contribution is 6.49. The fraction of sp³-hybridized carbons (Fsp3) is 0.0769. The molecular formula is C13H6Cl6O2. The highest BCUT2D eigenvalue weighted by atomic mass is 35.5. The van der Waals surface area contributed by atoms with E-state index in [2.05, 4.69) is 0 Å². The van der Waals surface area contributed by atoms with E-state index in [0.717, 1.165) is 0 Å². The van der Waals surface area contributed by atoms with E-state index in [1.54, 1.807) is 12.1 Å². The summed E-state index contributed by atoms with van der Waals surface area (Å²) in [6.45, 7) is 0. The average molecular weight is 407 g/mol. The quantitative estimate of drug-likeness (QED) is 0.494. The highest BCUT2D eigenvalue weighted by Crippen LogP contribution is 2.46. The first-order valence-electron chi connectivity index (χ1n) is 5.39. The van der Waals surface area contributed by atoms with Crippen LogP contribution in [0.1, 0.15) is 0 Å². The lowest BCUT2D eigenvalue weighted by atomic mass is 10.3. The van der Waals surface area contributed by atoms with Crippen LogP contribution < -0.4 is 9.47 Å². The summed E-state index contributed by atoms with van der Waals surface area (Å²) in [6, 6.07) is 4.60. The Morgan fingerprint density at radius 2 is 1.24 bits per heavy atom. The van der Waals surface area contributed by atoms with Crippen molar-refractivity contribution in [2.24, 2.45) is 0 Å². The smallest absolute Gasteiger partial charge is 0.151 e. The molecule has 0 spiro atoms. The number of halogens is 6. The van der Waals surface area contributed by atoms with Crippen molar-refractivity contribution >= 4 is 69.6 Å². The van der Waals surface area contributed by atoms with Crippen LogP contribution in [0.3, 0.4) is 0 Å². The molecule has 0 saturated carbocycles. The summed E-state index contributed by atoms with van der Waals surface area (Å²) in [5.74, 6) is 0.814. The van der Waals surface area contributed by atoms with Gasteiger partial charge in [-0.15, -0.1) is 0 Å². The molecule has 2 rings (SSSR count). The SMILES string of the molecule is COc1cc(Oc2ccc(Cl)c(Cl)c2Cl)c(Cl)c(Cl)c1Cl. The standard InChI is InChI=1S/C13H6Cl6O2/c1-20-7-4-8(12(18)13(19)11(7)17)21-6-3-2-5(14)9(15)10(6)16/h2-4H,1H3. The molecule has 0 N–H and O–H groups in total. The largest absolute Gasteiger partial charge is 0.495 e. The highest BCUT2D eigenvalue weighted by Gasteiger charge is 2.18. The van der Waals surface area contributed by atoms with Gasteiger partial charge in [-0.1, -0.05) is 69.6 Å². The van der Waals surface area contributed by atoms with E-state index in [9.17, 15) is 0 Å². The minimum atomic E-state index is 0.115. The number of hydrogen-bond donors (Lipinski definition) is 0. The Morgan fingerprint density at radius 1 is 0.667 bits per heavy atom. The summed E-state index contributed by atoms with van der Waals surface area (Å²) in [4.78, 5) is 0. The van der Waals surface area contributed by atoms with Gasteiger partial charge >= 0.3 is 0 Å². The van der Waals surface area contributed by atoms with Crippen LogP contribution in [0.4, 0.5) is 0 Å². The monoisotopic (exact) mass is 404 g/mol. The Hall–Kier alpha value is -0.220. The minimum Gasteiger partial charge on any atom is -0.495 e. The number of benzene rings is 2. The maximum Gasteiger partial charge on any atom is 0.151 e. The summed E-state index contributed by atoms with van der Waals surface area (Å²) < 4.78 is 10.7. The van der Waals surface area contributed by atoms with Crippen LogP contribution in [0.25, 0.3) is 0 Å². The zero-order chi connectivity index (χ0) is 15.7. The van der Waals surface area contributed by atoms with Crippen molar-refractivity contribution in [1.82, 2.24) is 0 Å². The number of hydrogen-bond acceptors (Lipinski definition) is 2. The molecule has 0 aromatic heterocycles. The normalized spacial score (nSPS) is 10.6. The average Bonchev–Trinajstić information content (AvgIpc) is 2.48. The van der Waals surface area contributed by atoms with Crippen LogP contribution in [-0.2, 0) is 0 Å². The van der Waals surface area contributed by atoms with Crippen LogP contribution in [-0.4, -0.2) is 7.11 Å². The van der Waals surface area contributed by atoms with Gasteiger partial charge in [0.15, 0.2) is 5.75 Å². The molecule has 0 fully saturated rings. The van der Waals surface area contributed by atoms with E-state index in [-0.39, 0.29) is 36.6 Å². The van der Waals surface area contributed by atoms with Gasteiger partial charge in [-0.25, -0.2) is 0 Å². The molecule has 0 unspecified atom stereocenters. The number of rotatable bonds is 3. The van der Waals surface area contributed by atoms with Crippen LogP contribution in [0.5, 0.6) is 17.2 Å². The second kappa shape index (κ2) is 6.91. The molecule has 0 amide bonds. The van der Waals surface area contributed by atoms with E-state index in [1.165, 1.54) is 13.2 Å². The first-order chi connectivity index (χ1) is 9.86.